The lowest BCUT2D eigenvalue weighted by molar-refractivity contribution is -0.182. The van der Waals surface area contributed by atoms with Crippen molar-refractivity contribution in [1.29, 1.82) is 0 Å². The zero-order chi connectivity index (χ0) is 23.4. The van der Waals surface area contributed by atoms with E-state index in [1.165, 1.54) is 11.0 Å². The van der Waals surface area contributed by atoms with Crippen LogP contribution in [-0.4, -0.2) is 60.2 Å². The third kappa shape index (κ3) is 3.84. The van der Waals surface area contributed by atoms with Gasteiger partial charge in [0, 0.05) is 25.7 Å². The predicted molar refractivity (Wildman–Crippen MR) is 117 cm³/mol. The van der Waals surface area contributed by atoms with Gasteiger partial charge in [-0.25, -0.2) is 0 Å². The van der Waals surface area contributed by atoms with Crippen LogP contribution in [0.2, 0.25) is 0 Å². The van der Waals surface area contributed by atoms with Crippen LogP contribution in [0.3, 0.4) is 0 Å². The lowest BCUT2D eigenvalue weighted by atomic mass is 10.00. The molecule has 0 saturated carbocycles. The molecule has 0 radical (unpaired) electrons. The summed E-state index contributed by atoms with van der Waals surface area (Å²) in [5.74, 6) is 1.18. The van der Waals surface area contributed by atoms with Gasteiger partial charge in [-0.2, -0.15) is 18.2 Å². The Labute approximate surface area is 189 Å². The zero-order valence-corrected chi connectivity index (χ0v) is 18.6. The van der Waals surface area contributed by atoms with Gasteiger partial charge >= 0.3 is 6.18 Å². The SMILES string of the molecule is COc1ccc(CCN2c3nc(N4CC5CCC(C4)O5)cc(=O)n3C[C@@]2(C)C(F)(F)F)cc1. The van der Waals surface area contributed by atoms with Gasteiger partial charge < -0.3 is 19.3 Å². The maximum atomic E-state index is 14.3. The molecule has 10 heteroatoms. The highest BCUT2D eigenvalue weighted by molar-refractivity contribution is 5.50. The monoisotopic (exact) mass is 464 g/mol. The molecule has 2 saturated heterocycles. The summed E-state index contributed by atoms with van der Waals surface area (Å²) in [6.07, 6.45) is -2.11. The Kier molecular flexibility index (Phi) is 5.30. The van der Waals surface area contributed by atoms with E-state index >= 15 is 0 Å². The molecule has 2 bridgehead atoms. The van der Waals surface area contributed by atoms with Crippen LogP contribution in [0.5, 0.6) is 5.75 Å². The number of alkyl halides is 3. The first kappa shape index (κ1) is 22.1. The summed E-state index contributed by atoms with van der Waals surface area (Å²) in [5, 5.41) is 0. The second kappa shape index (κ2) is 7.93. The molecule has 5 rings (SSSR count). The maximum Gasteiger partial charge on any atom is 0.413 e. The molecule has 7 nitrogen and oxygen atoms in total. The van der Waals surface area contributed by atoms with Crippen LogP contribution in [0.4, 0.5) is 24.9 Å². The fourth-order valence-electron chi connectivity index (χ4n) is 5.04. The molecule has 1 aromatic carbocycles. The molecule has 2 unspecified atom stereocenters. The van der Waals surface area contributed by atoms with Gasteiger partial charge in [-0.1, -0.05) is 12.1 Å². The third-order valence-corrected chi connectivity index (χ3v) is 7.04. The molecule has 2 aromatic rings. The quantitative estimate of drug-likeness (QED) is 0.678. The average Bonchev–Trinajstić information content (AvgIpc) is 3.28. The number of methoxy groups -OCH3 is 1. The predicted octanol–water partition coefficient (Wildman–Crippen LogP) is 3.00. The van der Waals surface area contributed by atoms with E-state index in [-0.39, 0.29) is 24.7 Å². The van der Waals surface area contributed by atoms with Gasteiger partial charge in [0.25, 0.3) is 5.56 Å². The van der Waals surface area contributed by atoms with Gasteiger partial charge in [-0.15, -0.1) is 0 Å². The number of fused-ring (bicyclic) bond motifs is 3. The van der Waals surface area contributed by atoms with E-state index in [1.54, 1.807) is 19.2 Å². The van der Waals surface area contributed by atoms with Crippen molar-refractivity contribution in [2.24, 2.45) is 0 Å². The summed E-state index contributed by atoms with van der Waals surface area (Å²) in [7, 11) is 1.56. The van der Waals surface area contributed by atoms with Gasteiger partial charge in [-0.05, 0) is 43.9 Å². The molecule has 4 heterocycles. The third-order valence-electron chi connectivity index (χ3n) is 7.04. The number of halogens is 3. The Balaban J connectivity index is 1.47. The summed E-state index contributed by atoms with van der Waals surface area (Å²) >= 11 is 0. The van der Waals surface area contributed by atoms with Crippen molar-refractivity contribution in [2.75, 3.05) is 36.5 Å². The van der Waals surface area contributed by atoms with E-state index in [2.05, 4.69) is 4.98 Å². The average molecular weight is 464 g/mol. The van der Waals surface area contributed by atoms with Crippen molar-refractivity contribution < 1.29 is 22.6 Å². The van der Waals surface area contributed by atoms with Gasteiger partial charge in [-0.3, -0.25) is 9.36 Å². The first-order valence-electron chi connectivity index (χ1n) is 11.2. The highest BCUT2D eigenvalue weighted by atomic mass is 19.4. The van der Waals surface area contributed by atoms with Crippen molar-refractivity contribution in [1.82, 2.24) is 9.55 Å². The van der Waals surface area contributed by atoms with E-state index < -0.39 is 23.8 Å². The van der Waals surface area contributed by atoms with Gasteiger partial charge in [0.2, 0.25) is 5.95 Å². The summed E-state index contributed by atoms with van der Waals surface area (Å²) in [4.78, 5) is 20.7. The summed E-state index contributed by atoms with van der Waals surface area (Å²) < 4.78 is 54.9. The minimum absolute atomic E-state index is 0.0738. The van der Waals surface area contributed by atoms with Gasteiger partial charge in [0.1, 0.15) is 11.6 Å². The molecule has 33 heavy (non-hydrogen) atoms. The van der Waals surface area contributed by atoms with Crippen LogP contribution in [0, 0.1) is 0 Å². The van der Waals surface area contributed by atoms with E-state index in [1.807, 2.05) is 17.0 Å². The fourth-order valence-corrected chi connectivity index (χ4v) is 5.04. The summed E-state index contributed by atoms with van der Waals surface area (Å²) in [6.45, 7) is 1.93. The number of nitrogens with zero attached hydrogens (tertiary/aromatic N) is 4. The lowest BCUT2D eigenvalue weighted by Gasteiger charge is -2.37. The van der Waals surface area contributed by atoms with Crippen molar-refractivity contribution in [3.63, 3.8) is 0 Å². The van der Waals surface area contributed by atoms with E-state index in [4.69, 9.17) is 9.47 Å². The number of morpholine rings is 1. The Morgan fingerprint density at radius 3 is 2.45 bits per heavy atom. The minimum Gasteiger partial charge on any atom is -0.497 e. The molecule has 0 spiro atoms. The first-order chi connectivity index (χ1) is 15.7. The number of rotatable bonds is 5. The summed E-state index contributed by atoms with van der Waals surface area (Å²) in [5.41, 5.74) is -1.81. The molecule has 3 aliphatic rings. The minimum atomic E-state index is -4.54. The number of aromatic nitrogens is 2. The number of hydrogen-bond donors (Lipinski definition) is 0. The second-order valence-electron chi connectivity index (χ2n) is 9.22. The second-order valence-corrected chi connectivity index (χ2v) is 9.22. The van der Waals surface area contributed by atoms with Crippen molar-refractivity contribution >= 4 is 11.8 Å². The number of ether oxygens (including phenoxy) is 2. The molecule has 2 fully saturated rings. The highest BCUT2D eigenvalue weighted by Crippen LogP contribution is 2.43. The molecule has 3 aliphatic heterocycles. The van der Waals surface area contributed by atoms with Crippen LogP contribution < -0.4 is 20.1 Å². The van der Waals surface area contributed by atoms with E-state index in [0.717, 1.165) is 29.9 Å². The molecular weight excluding hydrogens is 437 g/mol. The van der Waals surface area contributed by atoms with Gasteiger partial charge in [0.15, 0.2) is 5.54 Å². The summed E-state index contributed by atoms with van der Waals surface area (Å²) in [6, 6.07) is 8.59. The largest absolute Gasteiger partial charge is 0.497 e. The molecule has 0 N–H and O–H groups in total. The van der Waals surface area contributed by atoms with Crippen molar-refractivity contribution in [3.8, 4) is 5.75 Å². The van der Waals surface area contributed by atoms with Crippen LogP contribution >= 0.6 is 0 Å². The highest BCUT2D eigenvalue weighted by Gasteiger charge is 2.59. The molecule has 3 atom stereocenters. The van der Waals surface area contributed by atoms with Crippen molar-refractivity contribution in [3.05, 3.63) is 46.2 Å². The van der Waals surface area contributed by atoms with E-state index in [0.29, 0.717) is 31.1 Å². The Hall–Kier alpha value is -2.75. The number of benzene rings is 1. The Bertz CT molecular complexity index is 1080. The fraction of sp³-hybridized carbons (Fsp3) is 0.565. The molecule has 1 aromatic heterocycles. The smallest absolute Gasteiger partial charge is 0.413 e. The normalized spacial score (nSPS) is 26.6. The van der Waals surface area contributed by atoms with Crippen LogP contribution in [0.15, 0.2) is 35.1 Å². The van der Waals surface area contributed by atoms with Crippen molar-refractivity contribution in [2.45, 2.75) is 56.7 Å². The molecule has 178 valence electrons. The maximum absolute atomic E-state index is 14.3. The van der Waals surface area contributed by atoms with Crippen LogP contribution in [0.1, 0.15) is 25.3 Å². The standard InChI is InChI=1S/C23H27F3N4O3/c1-22(23(24,25)26)14-29-20(31)11-19(28-12-17-7-8-18(13-28)33-17)27-21(29)30(22)10-9-15-3-5-16(32-2)6-4-15/h3-6,11,17-18H,7-10,12-14H2,1-2H3/t17?,18?,22-/m0/s1. The first-order valence-corrected chi connectivity index (χ1v) is 11.2. The Morgan fingerprint density at radius 2 is 1.85 bits per heavy atom. The molecule has 0 aliphatic carbocycles. The number of hydrogen-bond acceptors (Lipinski definition) is 6. The lowest BCUT2D eigenvalue weighted by Crippen LogP contribution is -2.56. The Morgan fingerprint density at radius 1 is 1.18 bits per heavy atom. The number of anilines is 2. The molecular formula is C23H27F3N4O3. The zero-order valence-electron chi connectivity index (χ0n) is 18.6. The van der Waals surface area contributed by atoms with Crippen LogP contribution in [-0.2, 0) is 17.7 Å². The van der Waals surface area contributed by atoms with Gasteiger partial charge in [0.05, 0.1) is 25.9 Å². The molecule has 0 amide bonds. The van der Waals surface area contributed by atoms with Crippen LogP contribution in [0.25, 0.3) is 0 Å². The van der Waals surface area contributed by atoms with E-state index in [9.17, 15) is 18.0 Å². The topological polar surface area (TPSA) is 59.8 Å².